The largest absolute Gasteiger partial charge is 0.310 e. The van der Waals surface area contributed by atoms with Crippen molar-refractivity contribution < 1.29 is 0 Å². The predicted molar refractivity (Wildman–Crippen MR) is 247 cm³/mol. The van der Waals surface area contributed by atoms with E-state index in [1.807, 2.05) is 11.3 Å². The summed E-state index contributed by atoms with van der Waals surface area (Å²) in [6, 6.07) is 79.6. The number of para-hydroxylation sites is 1. The lowest BCUT2D eigenvalue weighted by Gasteiger charge is -2.30. The average Bonchev–Trinajstić information content (AvgIpc) is 3.65. The standard InChI is InChI=1S/C54H36N2S/c1-3-14-37(15-4-1)42-22-13-25-46(32-42)56(48-29-27-39-17-8-10-19-41(39)34-48)50-30-31-51(54-53(50)49-35-43-20-11-12-21-44(43)36-52(49)57-54)55(45-23-5-2-6-24-45)47-28-26-38-16-7-9-18-40(38)33-47/h1-36H. The Morgan fingerprint density at radius 3 is 1.42 bits per heavy atom. The predicted octanol–water partition coefficient (Wildman–Crippen LogP) is 16.1. The van der Waals surface area contributed by atoms with Gasteiger partial charge in [-0.25, -0.2) is 0 Å². The number of benzene rings is 10. The molecule has 0 radical (unpaired) electrons. The maximum absolute atomic E-state index is 2.47. The molecule has 0 unspecified atom stereocenters. The van der Waals surface area contributed by atoms with Crippen molar-refractivity contribution in [2.75, 3.05) is 9.80 Å². The average molecular weight is 745 g/mol. The highest BCUT2D eigenvalue weighted by molar-refractivity contribution is 7.26. The van der Waals surface area contributed by atoms with Gasteiger partial charge in [-0.15, -0.1) is 11.3 Å². The minimum absolute atomic E-state index is 1.11. The van der Waals surface area contributed by atoms with E-state index in [0.29, 0.717) is 0 Å². The van der Waals surface area contributed by atoms with E-state index in [1.54, 1.807) is 0 Å². The van der Waals surface area contributed by atoms with Gasteiger partial charge in [0.25, 0.3) is 0 Å². The molecule has 0 aliphatic heterocycles. The van der Waals surface area contributed by atoms with Crippen LogP contribution in [0, 0.1) is 0 Å². The number of thiophene rings is 1. The third-order valence-corrected chi connectivity index (χ3v) is 12.3. The van der Waals surface area contributed by atoms with Crippen LogP contribution in [0.5, 0.6) is 0 Å². The van der Waals surface area contributed by atoms with Gasteiger partial charge >= 0.3 is 0 Å². The minimum atomic E-state index is 1.11. The zero-order valence-corrected chi connectivity index (χ0v) is 31.9. The van der Waals surface area contributed by atoms with Crippen LogP contribution in [0.3, 0.4) is 0 Å². The molecule has 1 heterocycles. The Morgan fingerprint density at radius 1 is 0.298 bits per heavy atom. The summed E-state index contributed by atoms with van der Waals surface area (Å²) in [6.45, 7) is 0. The van der Waals surface area contributed by atoms with E-state index in [1.165, 1.54) is 63.6 Å². The van der Waals surface area contributed by atoms with Crippen LogP contribution >= 0.6 is 11.3 Å². The summed E-state index contributed by atoms with van der Waals surface area (Å²) in [5.41, 5.74) is 9.13. The van der Waals surface area contributed by atoms with Gasteiger partial charge in [0.05, 0.1) is 16.1 Å². The van der Waals surface area contributed by atoms with Gasteiger partial charge in [0, 0.05) is 38.2 Å². The van der Waals surface area contributed by atoms with E-state index in [0.717, 1.165) is 34.1 Å². The molecule has 0 amide bonds. The molecule has 1 aromatic heterocycles. The Labute approximate surface area is 335 Å². The minimum Gasteiger partial charge on any atom is -0.310 e. The van der Waals surface area contributed by atoms with Gasteiger partial charge in [-0.1, -0.05) is 146 Å². The first-order chi connectivity index (χ1) is 28.2. The second-order valence-corrected chi connectivity index (χ2v) is 15.6. The van der Waals surface area contributed by atoms with Crippen LogP contribution in [-0.2, 0) is 0 Å². The first kappa shape index (κ1) is 33.2. The molecule has 10 aromatic carbocycles. The Hall–Kier alpha value is -7.20. The van der Waals surface area contributed by atoms with Crippen LogP contribution in [0.2, 0.25) is 0 Å². The molecule has 0 bridgehead atoms. The summed E-state index contributed by atoms with van der Waals surface area (Å²) in [5.74, 6) is 0. The number of rotatable bonds is 7. The van der Waals surface area contributed by atoms with Crippen LogP contribution in [0.25, 0.3) is 63.6 Å². The molecular weight excluding hydrogens is 709 g/mol. The molecule has 268 valence electrons. The molecule has 57 heavy (non-hydrogen) atoms. The molecular formula is C54H36N2S. The van der Waals surface area contributed by atoms with E-state index in [2.05, 4.69) is 228 Å². The fraction of sp³-hybridized carbons (Fsp3) is 0. The van der Waals surface area contributed by atoms with Crippen molar-refractivity contribution in [3.05, 3.63) is 218 Å². The van der Waals surface area contributed by atoms with Crippen LogP contribution in [-0.4, -0.2) is 0 Å². The Morgan fingerprint density at radius 2 is 0.772 bits per heavy atom. The monoisotopic (exact) mass is 744 g/mol. The maximum Gasteiger partial charge on any atom is 0.0641 e. The van der Waals surface area contributed by atoms with E-state index < -0.39 is 0 Å². The highest BCUT2D eigenvalue weighted by Crippen LogP contribution is 2.52. The number of anilines is 6. The quantitative estimate of drug-likeness (QED) is 0.160. The first-order valence-corrected chi connectivity index (χ1v) is 20.2. The van der Waals surface area contributed by atoms with Crippen LogP contribution in [0.1, 0.15) is 0 Å². The third kappa shape index (κ3) is 5.88. The zero-order valence-electron chi connectivity index (χ0n) is 31.1. The van der Waals surface area contributed by atoms with Gasteiger partial charge in [-0.3, -0.25) is 0 Å². The normalized spacial score (nSPS) is 11.5. The molecule has 0 atom stereocenters. The van der Waals surface area contributed by atoms with E-state index in [-0.39, 0.29) is 0 Å². The van der Waals surface area contributed by atoms with Crippen molar-refractivity contribution in [1.29, 1.82) is 0 Å². The lowest BCUT2D eigenvalue weighted by atomic mass is 10.0. The van der Waals surface area contributed by atoms with Crippen LogP contribution in [0.4, 0.5) is 34.1 Å². The third-order valence-electron chi connectivity index (χ3n) is 11.1. The van der Waals surface area contributed by atoms with Crippen LogP contribution < -0.4 is 9.80 Å². The molecule has 0 saturated heterocycles. The van der Waals surface area contributed by atoms with Gasteiger partial charge in [0.1, 0.15) is 0 Å². The SMILES string of the molecule is c1ccc(-c2cccc(N(c3ccc4ccccc4c3)c3ccc(N(c4ccccc4)c4ccc5ccccc5c4)c4sc5cc6ccccc6cc5c34)c2)cc1. The number of hydrogen-bond donors (Lipinski definition) is 0. The fourth-order valence-corrected chi connectivity index (χ4v) is 9.67. The maximum atomic E-state index is 2.47. The van der Waals surface area contributed by atoms with Crippen molar-refractivity contribution in [3.63, 3.8) is 0 Å². The Balaban J connectivity index is 1.23. The number of nitrogens with zero attached hydrogens (tertiary/aromatic N) is 2. The summed E-state index contributed by atoms with van der Waals surface area (Å²) in [6.07, 6.45) is 0. The van der Waals surface area contributed by atoms with E-state index in [9.17, 15) is 0 Å². The van der Waals surface area contributed by atoms with Crippen molar-refractivity contribution in [3.8, 4) is 11.1 Å². The highest BCUT2D eigenvalue weighted by Gasteiger charge is 2.25. The molecule has 0 spiro atoms. The summed E-state index contributed by atoms with van der Waals surface area (Å²) in [7, 11) is 0. The number of hydrogen-bond acceptors (Lipinski definition) is 3. The van der Waals surface area contributed by atoms with E-state index in [4.69, 9.17) is 0 Å². The van der Waals surface area contributed by atoms with Gasteiger partial charge in [0.15, 0.2) is 0 Å². The van der Waals surface area contributed by atoms with Crippen molar-refractivity contribution in [2.24, 2.45) is 0 Å². The first-order valence-electron chi connectivity index (χ1n) is 19.4. The second-order valence-electron chi connectivity index (χ2n) is 14.6. The molecule has 11 rings (SSSR count). The van der Waals surface area contributed by atoms with Gasteiger partial charge in [0.2, 0.25) is 0 Å². The fourth-order valence-electron chi connectivity index (χ4n) is 8.41. The molecule has 0 saturated carbocycles. The van der Waals surface area contributed by atoms with Crippen molar-refractivity contribution in [1.82, 2.24) is 0 Å². The Kier molecular flexibility index (Phi) is 8.04. The zero-order chi connectivity index (χ0) is 37.7. The topological polar surface area (TPSA) is 6.48 Å². The molecule has 0 N–H and O–H groups in total. The van der Waals surface area contributed by atoms with Gasteiger partial charge in [-0.2, -0.15) is 0 Å². The van der Waals surface area contributed by atoms with Crippen LogP contribution in [0.15, 0.2) is 218 Å². The van der Waals surface area contributed by atoms with Gasteiger partial charge < -0.3 is 9.80 Å². The van der Waals surface area contributed by atoms with E-state index >= 15 is 0 Å². The summed E-state index contributed by atoms with van der Waals surface area (Å²) >= 11 is 1.88. The molecule has 11 aromatic rings. The van der Waals surface area contributed by atoms with Gasteiger partial charge in [-0.05, 0) is 116 Å². The number of fused-ring (bicyclic) bond motifs is 6. The smallest absolute Gasteiger partial charge is 0.0641 e. The molecule has 2 nitrogen and oxygen atoms in total. The lowest BCUT2D eigenvalue weighted by molar-refractivity contribution is 1.29. The van der Waals surface area contributed by atoms with Crippen molar-refractivity contribution in [2.45, 2.75) is 0 Å². The molecule has 3 heteroatoms. The lowest BCUT2D eigenvalue weighted by Crippen LogP contribution is -2.13. The molecule has 0 aliphatic carbocycles. The summed E-state index contributed by atoms with van der Waals surface area (Å²) in [4.78, 5) is 4.90. The highest BCUT2D eigenvalue weighted by atomic mass is 32.1. The Bertz CT molecular complexity index is 3260. The van der Waals surface area contributed by atoms with Crippen molar-refractivity contribution >= 4 is 98.0 Å². The molecule has 0 fully saturated rings. The summed E-state index contributed by atoms with van der Waals surface area (Å²) < 4.78 is 2.50. The second kappa shape index (κ2) is 13.8. The molecule has 0 aliphatic rings. The summed E-state index contributed by atoms with van der Waals surface area (Å²) in [5, 5.41) is 9.84.